The van der Waals surface area contributed by atoms with Gasteiger partial charge in [0.25, 0.3) is 0 Å². The second-order valence-electron chi connectivity index (χ2n) is 8.19. The van der Waals surface area contributed by atoms with Crippen LogP contribution in [-0.4, -0.2) is 42.4 Å². The van der Waals surface area contributed by atoms with Crippen LogP contribution < -0.4 is 5.32 Å². The molecule has 0 atom stereocenters. The van der Waals surface area contributed by atoms with Gasteiger partial charge in [-0.25, -0.2) is 14.1 Å². The van der Waals surface area contributed by atoms with Gasteiger partial charge in [-0.05, 0) is 30.7 Å². The number of nitrogens with two attached hydrogens (primary N) is 1. The topological polar surface area (TPSA) is 113 Å². The van der Waals surface area contributed by atoms with Crippen LogP contribution in [0.4, 0.5) is 23.2 Å². The van der Waals surface area contributed by atoms with E-state index in [2.05, 4.69) is 20.1 Å². The quantitative estimate of drug-likeness (QED) is 0.242. The molecule has 1 aromatic carbocycles. The minimum atomic E-state index is -4.67. The number of carboxylic acids is 1. The van der Waals surface area contributed by atoms with E-state index in [-0.39, 0.29) is 12.1 Å². The number of aromatic nitrogens is 5. The predicted octanol–water partition coefficient (Wildman–Crippen LogP) is 3.96. The maximum atomic E-state index is 14.6. The first-order chi connectivity index (χ1) is 17.2. The third-order valence-corrected chi connectivity index (χ3v) is 5.69. The van der Waals surface area contributed by atoms with Gasteiger partial charge in [-0.3, -0.25) is 9.78 Å². The number of aliphatic carboxylic acids is 1. The van der Waals surface area contributed by atoms with Crippen molar-refractivity contribution >= 4 is 33.6 Å². The van der Waals surface area contributed by atoms with E-state index < -0.39 is 23.7 Å². The number of fused-ring (bicyclic) bond motifs is 3. The lowest BCUT2D eigenvalue weighted by Gasteiger charge is -2.12. The summed E-state index contributed by atoms with van der Waals surface area (Å²) in [6.45, 7) is 2.54. The Balaban J connectivity index is 1.86. The lowest BCUT2D eigenvalue weighted by molar-refractivity contribution is -0.566. The van der Waals surface area contributed by atoms with Crippen LogP contribution in [0, 0.1) is 5.82 Å². The number of benzene rings is 1. The van der Waals surface area contributed by atoms with E-state index in [0.29, 0.717) is 50.9 Å². The Hall–Kier alpha value is -4.32. The number of quaternary nitrogens is 1. The summed E-state index contributed by atoms with van der Waals surface area (Å²) in [6, 6.07) is 5.09. The number of carboxylic acid groups (broad SMARTS) is 1. The van der Waals surface area contributed by atoms with E-state index >= 15 is 0 Å². The molecule has 36 heavy (non-hydrogen) atoms. The Morgan fingerprint density at radius 1 is 1.19 bits per heavy atom. The smallest absolute Gasteiger partial charge is 0.435 e. The molecule has 184 valence electrons. The number of hydrogen-bond donors (Lipinski definition) is 3. The van der Waals surface area contributed by atoms with Gasteiger partial charge >= 0.3 is 12.1 Å². The van der Waals surface area contributed by atoms with Crippen LogP contribution in [0.1, 0.15) is 18.2 Å². The zero-order chi connectivity index (χ0) is 25.6. The molecule has 5 aromatic rings. The van der Waals surface area contributed by atoms with Crippen molar-refractivity contribution in [2.24, 2.45) is 0 Å². The van der Waals surface area contributed by atoms with Gasteiger partial charge in [0.05, 0.1) is 24.0 Å². The van der Waals surface area contributed by atoms with Crippen molar-refractivity contribution in [2.75, 3.05) is 6.54 Å². The number of hydrogen-bond acceptors (Lipinski definition) is 4. The van der Waals surface area contributed by atoms with Crippen molar-refractivity contribution in [1.82, 2.24) is 24.7 Å². The van der Waals surface area contributed by atoms with Gasteiger partial charge in [0.1, 0.15) is 17.0 Å². The molecule has 5 rings (SSSR count). The minimum absolute atomic E-state index is 0.226. The molecule has 0 saturated carbocycles. The molecule has 4 N–H and O–H groups in total. The normalized spacial score (nSPS) is 12.0. The maximum absolute atomic E-state index is 14.6. The monoisotopic (exact) mass is 499 g/mol. The van der Waals surface area contributed by atoms with Crippen molar-refractivity contribution in [1.29, 1.82) is 0 Å². The summed E-state index contributed by atoms with van der Waals surface area (Å²) in [7, 11) is 0. The Labute approximate surface area is 200 Å². The van der Waals surface area contributed by atoms with Crippen LogP contribution in [0.3, 0.4) is 0 Å². The molecule has 0 aliphatic rings. The van der Waals surface area contributed by atoms with E-state index in [1.165, 1.54) is 36.9 Å². The van der Waals surface area contributed by atoms with Gasteiger partial charge in [0.2, 0.25) is 0 Å². The number of carbonyl (C=O) groups is 1. The SMILES string of the molecule is CC[NH2+]c1cc(F)cc2c1[nH]c1ncc(-c3cncc(CC(=O)O)c3)c(-n3ccc(C(F)(F)F)n3)c12. The number of alkyl halides is 3. The molecule has 8 nitrogen and oxygen atoms in total. The number of rotatable bonds is 6. The Morgan fingerprint density at radius 3 is 2.69 bits per heavy atom. The molecule has 0 unspecified atom stereocenters. The summed E-state index contributed by atoms with van der Waals surface area (Å²) in [5.74, 6) is -1.57. The van der Waals surface area contributed by atoms with E-state index in [9.17, 15) is 22.4 Å². The average Bonchev–Trinajstić information content (AvgIpc) is 3.44. The highest BCUT2D eigenvalue weighted by Gasteiger charge is 2.34. The van der Waals surface area contributed by atoms with Crippen LogP contribution in [-0.2, 0) is 17.4 Å². The molecule has 0 aliphatic heterocycles. The molecular weight excluding hydrogens is 480 g/mol. The van der Waals surface area contributed by atoms with E-state index in [1.807, 2.05) is 12.2 Å². The van der Waals surface area contributed by atoms with Gasteiger partial charge < -0.3 is 15.4 Å². The highest BCUT2D eigenvalue weighted by molar-refractivity contribution is 6.14. The molecule has 0 aliphatic carbocycles. The van der Waals surface area contributed by atoms with E-state index in [1.54, 1.807) is 6.07 Å². The number of nitrogens with one attached hydrogen (secondary N) is 1. The Kier molecular flexibility index (Phi) is 5.67. The Bertz CT molecular complexity index is 1620. The van der Waals surface area contributed by atoms with Gasteiger partial charge in [0, 0.05) is 47.4 Å². The molecular formula is C24H19F4N6O2+. The predicted molar refractivity (Wildman–Crippen MR) is 122 cm³/mol. The number of pyridine rings is 2. The first-order valence-corrected chi connectivity index (χ1v) is 10.9. The third-order valence-electron chi connectivity index (χ3n) is 5.69. The molecule has 0 saturated heterocycles. The molecule has 0 fully saturated rings. The summed E-state index contributed by atoms with van der Waals surface area (Å²) in [6.07, 6.45) is 0.511. The first kappa shape index (κ1) is 23.4. The largest absolute Gasteiger partial charge is 0.481 e. The van der Waals surface area contributed by atoms with Crippen molar-refractivity contribution < 1.29 is 32.8 Å². The standard InChI is InChI=1S/C24H18F4N6O2/c1-2-30-17-8-14(25)7-15-20-22(34-4-3-18(33-34)24(26,27)28)16(11-31-23(20)32-21(15)17)13-5-12(6-19(35)36)9-29-10-13/h3-5,7-11,30H,2,6H2,1H3,(H,31,32)(H,35,36)/p+1. The summed E-state index contributed by atoms with van der Waals surface area (Å²) < 4.78 is 55.9. The summed E-state index contributed by atoms with van der Waals surface area (Å²) >= 11 is 0. The number of halogens is 4. The van der Waals surface area contributed by atoms with E-state index in [4.69, 9.17) is 5.11 Å². The van der Waals surface area contributed by atoms with Crippen molar-refractivity contribution in [3.8, 4) is 16.8 Å². The summed E-state index contributed by atoms with van der Waals surface area (Å²) in [4.78, 5) is 22.9. The minimum Gasteiger partial charge on any atom is -0.481 e. The van der Waals surface area contributed by atoms with Crippen LogP contribution in [0.2, 0.25) is 0 Å². The molecule has 0 spiro atoms. The maximum Gasteiger partial charge on any atom is 0.435 e. The molecule has 12 heteroatoms. The van der Waals surface area contributed by atoms with Crippen molar-refractivity contribution in [3.63, 3.8) is 0 Å². The third kappa shape index (κ3) is 4.15. The van der Waals surface area contributed by atoms with Crippen LogP contribution in [0.25, 0.3) is 38.8 Å². The second kappa shape index (κ2) is 8.72. The first-order valence-electron chi connectivity index (χ1n) is 10.9. The lowest BCUT2D eigenvalue weighted by atomic mass is 10.0. The van der Waals surface area contributed by atoms with Gasteiger partial charge in [-0.1, -0.05) is 0 Å². The van der Waals surface area contributed by atoms with Crippen LogP contribution in [0.5, 0.6) is 0 Å². The summed E-state index contributed by atoms with van der Waals surface area (Å²) in [5, 5.41) is 15.5. The van der Waals surface area contributed by atoms with Gasteiger partial charge in [0.15, 0.2) is 11.4 Å². The number of aromatic amines is 1. The van der Waals surface area contributed by atoms with Crippen molar-refractivity contribution in [2.45, 2.75) is 19.5 Å². The van der Waals surface area contributed by atoms with Gasteiger partial charge in [-0.2, -0.15) is 18.3 Å². The molecule has 4 aromatic heterocycles. The Morgan fingerprint density at radius 2 is 2.00 bits per heavy atom. The highest BCUT2D eigenvalue weighted by atomic mass is 19.4. The number of H-pyrrole nitrogens is 1. The van der Waals surface area contributed by atoms with Crippen LogP contribution >= 0.6 is 0 Å². The van der Waals surface area contributed by atoms with Crippen molar-refractivity contribution in [3.05, 3.63) is 66.1 Å². The number of nitrogens with zero attached hydrogens (tertiary/aromatic N) is 4. The fourth-order valence-electron chi connectivity index (χ4n) is 4.27. The zero-order valence-electron chi connectivity index (χ0n) is 18.8. The highest BCUT2D eigenvalue weighted by Crippen LogP contribution is 2.38. The zero-order valence-corrected chi connectivity index (χ0v) is 18.8. The fourth-order valence-corrected chi connectivity index (χ4v) is 4.27. The molecule has 4 heterocycles. The lowest BCUT2D eigenvalue weighted by Crippen LogP contribution is -2.77. The average molecular weight is 499 g/mol. The molecule has 0 amide bonds. The summed E-state index contributed by atoms with van der Waals surface area (Å²) in [5.41, 5.74) is 1.82. The molecule has 0 radical (unpaired) electrons. The van der Waals surface area contributed by atoms with Gasteiger partial charge in [-0.15, -0.1) is 0 Å². The fraction of sp³-hybridized carbons (Fsp3) is 0.167. The molecule has 0 bridgehead atoms. The second-order valence-corrected chi connectivity index (χ2v) is 8.19. The van der Waals surface area contributed by atoms with Crippen LogP contribution in [0.15, 0.2) is 49.1 Å². The van der Waals surface area contributed by atoms with E-state index in [0.717, 1.165) is 10.7 Å².